The summed E-state index contributed by atoms with van der Waals surface area (Å²) >= 11 is 0. The number of aliphatic imine (C=N–C) groups is 2. The number of benzene rings is 1. The van der Waals surface area contributed by atoms with Gasteiger partial charge in [-0.1, -0.05) is 18.2 Å². The molecule has 20 N–H and O–H groups in total. The van der Waals surface area contributed by atoms with Crippen LogP contribution >= 0.6 is 0 Å². The molecule has 1 aromatic carbocycles. The van der Waals surface area contributed by atoms with Crippen molar-refractivity contribution in [3.8, 4) is 0 Å². The van der Waals surface area contributed by atoms with E-state index in [1.54, 1.807) is 6.92 Å². The topological polar surface area (TPSA) is 353 Å². The van der Waals surface area contributed by atoms with Gasteiger partial charge < -0.3 is 57.3 Å². The van der Waals surface area contributed by atoms with Gasteiger partial charge in [0.05, 0.1) is 52.3 Å². The fourth-order valence-electron chi connectivity index (χ4n) is 4.45. The zero-order chi connectivity index (χ0) is 32.7. The minimum Gasteiger partial charge on any atom is -0.395 e. The van der Waals surface area contributed by atoms with Gasteiger partial charge in [0.15, 0.2) is 11.6 Å². The first-order chi connectivity index (χ1) is 19.9. The van der Waals surface area contributed by atoms with Gasteiger partial charge in [-0.2, -0.15) is 0 Å². The Hall–Kier alpha value is -5.32. The fourth-order valence-corrected chi connectivity index (χ4v) is 4.45. The molecule has 16 heteroatoms. The van der Waals surface area contributed by atoms with Crippen LogP contribution in [0.25, 0.3) is 0 Å². The summed E-state index contributed by atoms with van der Waals surface area (Å²) in [5.41, 5.74) is 59.5. The van der Waals surface area contributed by atoms with Gasteiger partial charge in [0.25, 0.3) is 0 Å². The Morgan fingerprint density at radius 2 is 0.977 bits per heavy atom. The van der Waals surface area contributed by atoms with Crippen LogP contribution in [0.2, 0.25) is 0 Å². The van der Waals surface area contributed by atoms with Crippen molar-refractivity contribution < 1.29 is 19.2 Å². The Kier molecular flexibility index (Phi) is 8.90. The molecule has 0 radical (unpaired) electrons. The smallest absolute Gasteiger partial charge is 0.228 e. The number of Topliss-reactive ketones (excluding diaryl/α,β-unsaturated/α-hetero) is 4. The summed E-state index contributed by atoms with van der Waals surface area (Å²) in [6, 6.07) is 0.759. The number of hydrogen-bond donors (Lipinski definition) is 10. The molecule has 1 fully saturated rings. The minimum atomic E-state index is -1.35. The molecule has 16 nitrogen and oxygen atoms in total. The Morgan fingerprint density at radius 1 is 0.558 bits per heavy atom. The molecule has 3 aliphatic rings. The predicted molar refractivity (Wildman–Crippen MR) is 161 cm³/mol. The number of carbonyl (C=O) groups is 4. The second-order valence-corrected chi connectivity index (χ2v) is 10.2. The van der Waals surface area contributed by atoms with Crippen molar-refractivity contribution in [1.29, 1.82) is 0 Å². The summed E-state index contributed by atoms with van der Waals surface area (Å²) in [6.07, 6.45) is 0. The lowest BCUT2D eigenvalue weighted by Gasteiger charge is -2.32. The fraction of sp³-hybridized carbons (Fsp3) is 0.259. The summed E-state index contributed by atoms with van der Waals surface area (Å²) in [5, 5.41) is 0. The van der Waals surface area contributed by atoms with Gasteiger partial charge in [-0.15, -0.1) is 0 Å². The second kappa shape index (κ2) is 11.9. The molecule has 4 rings (SSSR count). The van der Waals surface area contributed by atoms with Crippen LogP contribution in [0.1, 0.15) is 18.1 Å². The number of ketones is 4. The summed E-state index contributed by atoms with van der Waals surface area (Å²) < 4.78 is 0. The van der Waals surface area contributed by atoms with Crippen molar-refractivity contribution in [2.75, 3.05) is 0 Å². The number of hydrogen-bond acceptors (Lipinski definition) is 16. The molecule has 4 unspecified atom stereocenters. The van der Waals surface area contributed by atoms with E-state index in [-0.39, 0.29) is 45.6 Å². The van der Waals surface area contributed by atoms with Crippen LogP contribution in [-0.2, 0) is 19.2 Å². The van der Waals surface area contributed by atoms with E-state index in [0.717, 1.165) is 16.8 Å². The van der Waals surface area contributed by atoms with E-state index in [2.05, 4.69) is 9.98 Å². The number of aryl methyl sites for hydroxylation is 2. The summed E-state index contributed by atoms with van der Waals surface area (Å²) in [7, 11) is 0. The van der Waals surface area contributed by atoms with Crippen molar-refractivity contribution in [2.24, 2.45) is 67.3 Å². The van der Waals surface area contributed by atoms with Crippen LogP contribution < -0.4 is 57.3 Å². The highest BCUT2D eigenvalue weighted by Crippen LogP contribution is 2.27. The summed E-state index contributed by atoms with van der Waals surface area (Å²) in [5.74, 6) is -2.44. The predicted octanol–water partition coefficient (Wildman–Crippen LogP) is -3.91. The van der Waals surface area contributed by atoms with E-state index in [1.807, 2.05) is 32.0 Å². The van der Waals surface area contributed by atoms with E-state index < -0.39 is 47.3 Å². The molecule has 0 saturated heterocycles. The third-order valence-corrected chi connectivity index (χ3v) is 7.31. The van der Waals surface area contributed by atoms with Crippen molar-refractivity contribution >= 4 is 40.2 Å². The van der Waals surface area contributed by atoms with E-state index in [1.165, 1.54) is 0 Å². The molecule has 4 atom stereocenters. The molecule has 228 valence electrons. The molecule has 0 aliphatic heterocycles. The number of nitrogens with zero attached hydrogens (tertiary/aromatic N) is 2. The maximum Gasteiger partial charge on any atom is 0.228 e. The van der Waals surface area contributed by atoms with Crippen molar-refractivity contribution in [1.82, 2.24) is 0 Å². The van der Waals surface area contributed by atoms with Crippen molar-refractivity contribution in [3.05, 3.63) is 74.8 Å². The molecule has 0 aromatic heterocycles. The Labute approximate surface area is 246 Å². The molecule has 1 saturated carbocycles. The van der Waals surface area contributed by atoms with Crippen LogP contribution in [-0.4, -0.2) is 58.7 Å². The minimum absolute atomic E-state index is 0.0434. The summed E-state index contributed by atoms with van der Waals surface area (Å²) in [4.78, 5) is 56.2. The average Bonchev–Trinajstić information content (AvgIpc) is 2.98. The van der Waals surface area contributed by atoms with Crippen LogP contribution in [0, 0.1) is 13.8 Å². The SMILES string of the molecule is CC1=C(N)C(=O)C(N)=C(N)C1=Nc1c(C)cccc1C.NC1=C(N)C(=NC2C(=O)C(N)C(N)C(=O)C2N)C(N)=C(N)C1=O. The first kappa shape index (κ1) is 32.2. The molecular weight excluding hydrogens is 556 g/mol. The largest absolute Gasteiger partial charge is 0.395 e. The lowest BCUT2D eigenvalue weighted by atomic mass is 9.82. The molecule has 3 aliphatic carbocycles. The number of nitrogens with two attached hydrogens (primary N) is 10. The lowest BCUT2D eigenvalue weighted by molar-refractivity contribution is -0.133. The zero-order valence-electron chi connectivity index (χ0n) is 23.8. The Bertz CT molecular complexity index is 1570. The van der Waals surface area contributed by atoms with Crippen molar-refractivity contribution in [2.45, 2.75) is 44.9 Å². The molecular formula is C27H36N12O4. The van der Waals surface area contributed by atoms with Crippen LogP contribution in [0.15, 0.2) is 73.6 Å². The Morgan fingerprint density at radius 3 is 1.47 bits per heavy atom. The molecule has 0 amide bonds. The molecule has 43 heavy (non-hydrogen) atoms. The molecule has 1 aromatic rings. The first-order valence-corrected chi connectivity index (χ1v) is 12.8. The monoisotopic (exact) mass is 592 g/mol. The highest BCUT2D eigenvalue weighted by molar-refractivity contribution is 6.27. The van der Waals surface area contributed by atoms with E-state index in [0.29, 0.717) is 11.3 Å². The van der Waals surface area contributed by atoms with Gasteiger partial charge in [0.1, 0.15) is 28.8 Å². The van der Waals surface area contributed by atoms with Crippen LogP contribution in [0.5, 0.6) is 0 Å². The van der Waals surface area contributed by atoms with Gasteiger partial charge in [-0.3, -0.25) is 24.2 Å². The highest BCUT2D eigenvalue weighted by atomic mass is 16.2. The molecule has 0 spiro atoms. The molecule has 0 bridgehead atoms. The first-order valence-electron chi connectivity index (χ1n) is 12.8. The van der Waals surface area contributed by atoms with Gasteiger partial charge in [-0.05, 0) is 31.9 Å². The normalized spacial score (nSPS) is 25.9. The molecule has 0 heterocycles. The average molecular weight is 593 g/mol. The second-order valence-electron chi connectivity index (χ2n) is 10.2. The standard InChI is InChI=1S/C15H18N4O.C12H18N8O3/c1-7-5-4-6-8(2)13(7)19-14-9(3)10(16)15(20)12(18)11(14)17;13-1-3(15)10(21)4(16)2(14)8(1)20-9-7(19)11(22)5(17)6(18)12(9)23/h4-6H,16-18H2,1-3H3;5-7,9H,13-19H2. The lowest BCUT2D eigenvalue weighted by Crippen LogP contribution is -2.67. The number of allylic oxidation sites excluding steroid dienone is 1. The van der Waals surface area contributed by atoms with Gasteiger partial charge in [0, 0.05) is 5.57 Å². The third kappa shape index (κ3) is 5.61. The van der Waals surface area contributed by atoms with Gasteiger partial charge in [-0.25, -0.2) is 4.99 Å². The van der Waals surface area contributed by atoms with Gasteiger partial charge in [0.2, 0.25) is 11.6 Å². The summed E-state index contributed by atoms with van der Waals surface area (Å²) in [6.45, 7) is 5.65. The van der Waals surface area contributed by atoms with Crippen molar-refractivity contribution in [3.63, 3.8) is 0 Å². The van der Waals surface area contributed by atoms with E-state index >= 15 is 0 Å². The van der Waals surface area contributed by atoms with Gasteiger partial charge >= 0.3 is 0 Å². The number of carbonyl (C=O) groups excluding carboxylic acids is 4. The zero-order valence-corrected chi connectivity index (χ0v) is 23.8. The maximum atomic E-state index is 12.2. The van der Waals surface area contributed by atoms with E-state index in [4.69, 9.17) is 57.3 Å². The highest BCUT2D eigenvalue weighted by Gasteiger charge is 2.46. The maximum absolute atomic E-state index is 12.2. The third-order valence-electron chi connectivity index (χ3n) is 7.31. The number of para-hydroxylation sites is 1. The number of rotatable bonds is 2. The quantitative estimate of drug-likeness (QED) is 0.147. The Balaban J connectivity index is 0.000000238. The van der Waals surface area contributed by atoms with E-state index in [9.17, 15) is 19.2 Å². The van der Waals surface area contributed by atoms with Crippen LogP contribution in [0.4, 0.5) is 5.69 Å². The van der Waals surface area contributed by atoms with Crippen LogP contribution in [0.3, 0.4) is 0 Å².